The van der Waals surface area contributed by atoms with Crippen LogP contribution in [-0.2, 0) is 11.0 Å². The summed E-state index contributed by atoms with van der Waals surface area (Å²) in [6.07, 6.45) is 3.14. The maximum Gasteiger partial charge on any atom is 0.162 e. The van der Waals surface area contributed by atoms with Crippen molar-refractivity contribution in [3.63, 3.8) is 0 Å². The molecular formula is C32H36N2O2. The minimum atomic E-state index is -1.00. The van der Waals surface area contributed by atoms with E-state index in [4.69, 9.17) is 0 Å². The zero-order valence-corrected chi connectivity index (χ0v) is 21.4. The summed E-state index contributed by atoms with van der Waals surface area (Å²) in [7, 11) is 0. The molecule has 1 aliphatic heterocycles. The van der Waals surface area contributed by atoms with Crippen LogP contribution in [0.15, 0.2) is 84.9 Å². The van der Waals surface area contributed by atoms with Gasteiger partial charge in [0.1, 0.15) is 5.60 Å². The summed E-state index contributed by atoms with van der Waals surface area (Å²) < 4.78 is 0. The number of rotatable bonds is 9. The van der Waals surface area contributed by atoms with Crippen molar-refractivity contribution in [1.82, 2.24) is 4.90 Å². The SMILES string of the molecule is CC(C)(C#N)c1ccc(C(=O)CCCN2CCC(C(O)(c3ccccc3)c3ccccc3)CC2)cc1. The highest BCUT2D eigenvalue weighted by Gasteiger charge is 2.41. The van der Waals surface area contributed by atoms with Gasteiger partial charge in [0.05, 0.1) is 11.5 Å². The molecule has 0 saturated carbocycles. The number of carbonyl (C=O) groups is 1. The van der Waals surface area contributed by atoms with Gasteiger partial charge in [-0.15, -0.1) is 0 Å². The minimum absolute atomic E-state index is 0.136. The van der Waals surface area contributed by atoms with Gasteiger partial charge in [-0.1, -0.05) is 84.9 Å². The van der Waals surface area contributed by atoms with Crippen LogP contribution in [0.5, 0.6) is 0 Å². The molecule has 1 saturated heterocycles. The quantitative estimate of drug-likeness (QED) is 0.376. The molecule has 1 aliphatic rings. The summed E-state index contributed by atoms with van der Waals surface area (Å²) in [5.74, 6) is 0.282. The summed E-state index contributed by atoms with van der Waals surface area (Å²) in [6, 6.07) is 29.8. The van der Waals surface area contributed by atoms with Crippen molar-refractivity contribution < 1.29 is 9.90 Å². The van der Waals surface area contributed by atoms with Crippen molar-refractivity contribution in [2.24, 2.45) is 5.92 Å². The third-order valence-electron chi connectivity index (χ3n) is 7.69. The van der Waals surface area contributed by atoms with Crippen molar-refractivity contribution in [3.8, 4) is 6.07 Å². The number of carbonyl (C=O) groups excluding carboxylic acids is 1. The van der Waals surface area contributed by atoms with Gasteiger partial charge in [-0.3, -0.25) is 4.79 Å². The monoisotopic (exact) mass is 480 g/mol. The van der Waals surface area contributed by atoms with E-state index in [2.05, 4.69) is 11.0 Å². The van der Waals surface area contributed by atoms with Crippen LogP contribution in [0, 0.1) is 17.2 Å². The highest BCUT2D eigenvalue weighted by atomic mass is 16.3. The maximum atomic E-state index is 12.7. The first-order chi connectivity index (χ1) is 17.3. The number of benzene rings is 3. The number of Topliss-reactive ketones (excluding diaryl/α,β-unsaturated/α-hetero) is 1. The predicted molar refractivity (Wildman–Crippen MR) is 144 cm³/mol. The van der Waals surface area contributed by atoms with Crippen molar-refractivity contribution in [2.45, 2.75) is 50.5 Å². The van der Waals surface area contributed by atoms with Gasteiger partial charge in [-0.2, -0.15) is 5.26 Å². The fourth-order valence-electron chi connectivity index (χ4n) is 5.34. The second-order valence-corrected chi connectivity index (χ2v) is 10.5. The largest absolute Gasteiger partial charge is 0.380 e. The van der Waals surface area contributed by atoms with Crippen molar-refractivity contribution in [3.05, 3.63) is 107 Å². The molecule has 0 unspecified atom stereocenters. The molecule has 3 aromatic carbocycles. The lowest BCUT2D eigenvalue weighted by molar-refractivity contribution is -0.0142. The normalized spacial score (nSPS) is 15.4. The first-order valence-corrected chi connectivity index (χ1v) is 13.0. The van der Waals surface area contributed by atoms with Gasteiger partial charge in [-0.25, -0.2) is 0 Å². The van der Waals surface area contributed by atoms with Crippen LogP contribution in [0.4, 0.5) is 0 Å². The summed E-state index contributed by atoms with van der Waals surface area (Å²) in [4.78, 5) is 15.1. The molecule has 0 bridgehead atoms. The Balaban J connectivity index is 1.32. The van der Waals surface area contributed by atoms with Crippen LogP contribution in [0.3, 0.4) is 0 Å². The highest BCUT2D eigenvalue weighted by molar-refractivity contribution is 5.96. The van der Waals surface area contributed by atoms with Crippen LogP contribution >= 0.6 is 0 Å². The Kier molecular flexibility index (Phi) is 8.04. The Hall–Kier alpha value is -3.26. The van der Waals surface area contributed by atoms with Gasteiger partial charge in [0.2, 0.25) is 0 Å². The Morgan fingerprint density at radius 3 is 1.92 bits per heavy atom. The van der Waals surface area contributed by atoms with Crippen molar-refractivity contribution in [2.75, 3.05) is 19.6 Å². The lowest BCUT2D eigenvalue weighted by Crippen LogP contribution is -2.44. The molecule has 0 aromatic heterocycles. The van der Waals surface area contributed by atoms with Gasteiger partial charge < -0.3 is 10.0 Å². The van der Waals surface area contributed by atoms with Crippen LogP contribution in [0.1, 0.15) is 66.6 Å². The molecule has 1 N–H and O–H groups in total. The smallest absolute Gasteiger partial charge is 0.162 e. The molecule has 0 spiro atoms. The third kappa shape index (κ3) is 5.59. The summed E-state index contributed by atoms with van der Waals surface area (Å²) in [5, 5.41) is 21.4. The van der Waals surface area contributed by atoms with Crippen LogP contribution in [-0.4, -0.2) is 35.4 Å². The molecule has 0 radical (unpaired) electrons. The zero-order valence-electron chi connectivity index (χ0n) is 21.4. The highest BCUT2D eigenvalue weighted by Crippen LogP contribution is 2.41. The number of likely N-dealkylation sites (tertiary alicyclic amines) is 1. The minimum Gasteiger partial charge on any atom is -0.380 e. The number of hydrogen-bond acceptors (Lipinski definition) is 4. The van der Waals surface area contributed by atoms with Gasteiger partial charge in [0.25, 0.3) is 0 Å². The lowest BCUT2D eigenvalue weighted by atomic mass is 9.72. The number of piperidine rings is 1. The molecule has 0 amide bonds. The standard InChI is InChI=1S/C32H36N2O2/c1-31(2,24-33)26-17-15-25(16-18-26)30(35)14-9-21-34-22-19-29(20-23-34)32(36,27-10-5-3-6-11-27)28-12-7-4-8-13-28/h3-8,10-13,15-18,29,36H,9,14,19-23H2,1-2H3. The van der Waals surface area contributed by atoms with Crippen molar-refractivity contribution in [1.29, 1.82) is 5.26 Å². The molecule has 36 heavy (non-hydrogen) atoms. The summed E-state index contributed by atoms with van der Waals surface area (Å²) in [6.45, 7) is 6.48. The fourth-order valence-corrected chi connectivity index (χ4v) is 5.34. The molecule has 4 heteroatoms. The first kappa shape index (κ1) is 25.8. The van der Waals surface area contributed by atoms with Gasteiger partial charge in [-0.05, 0) is 75.4 Å². The Bertz CT molecular complexity index is 1130. The van der Waals surface area contributed by atoms with E-state index in [0.29, 0.717) is 12.0 Å². The molecule has 0 aliphatic carbocycles. The van der Waals surface area contributed by atoms with E-state index in [1.54, 1.807) is 0 Å². The predicted octanol–water partition coefficient (Wildman–Crippen LogP) is 6.10. The van der Waals surface area contributed by atoms with E-state index in [9.17, 15) is 15.2 Å². The van der Waals surface area contributed by atoms with Crippen molar-refractivity contribution >= 4 is 5.78 Å². The van der Waals surface area contributed by atoms with E-state index in [0.717, 1.165) is 55.6 Å². The van der Waals surface area contributed by atoms with Gasteiger partial charge in [0, 0.05) is 12.0 Å². The Morgan fingerprint density at radius 2 is 1.42 bits per heavy atom. The van der Waals surface area contributed by atoms with E-state index < -0.39 is 11.0 Å². The summed E-state index contributed by atoms with van der Waals surface area (Å²) >= 11 is 0. The summed E-state index contributed by atoms with van der Waals surface area (Å²) in [5.41, 5.74) is 1.98. The molecule has 4 nitrogen and oxygen atoms in total. The second kappa shape index (κ2) is 11.2. The maximum absolute atomic E-state index is 12.7. The van der Waals surface area contributed by atoms with E-state index >= 15 is 0 Å². The Morgan fingerprint density at radius 1 is 0.889 bits per heavy atom. The number of hydrogen-bond donors (Lipinski definition) is 1. The lowest BCUT2D eigenvalue weighted by Gasteiger charge is -2.42. The van der Waals surface area contributed by atoms with E-state index in [1.165, 1.54) is 0 Å². The van der Waals surface area contributed by atoms with E-state index in [-0.39, 0.29) is 11.7 Å². The van der Waals surface area contributed by atoms with Gasteiger partial charge >= 0.3 is 0 Å². The molecule has 4 rings (SSSR count). The first-order valence-electron chi connectivity index (χ1n) is 13.0. The topological polar surface area (TPSA) is 64.3 Å². The van der Waals surface area contributed by atoms with Crippen LogP contribution < -0.4 is 0 Å². The average molecular weight is 481 g/mol. The molecular weight excluding hydrogens is 444 g/mol. The van der Waals surface area contributed by atoms with E-state index in [1.807, 2.05) is 98.8 Å². The second-order valence-electron chi connectivity index (χ2n) is 10.5. The number of ketones is 1. The molecule has 1 heterocycles. The van der Waals surface area contributed by atoms with Crippen LogP contribution in [0.2, 0.25) is 0 Å². The number of aliphatic hydroxyl groups is 1. The van der Waals surface area contributed by atoms with Crippen LogP contribution in [0.25, 0.3) is 0 Å². The average Bonchev–Trinajstić information content (AvgIpc) is 2.94. The molecule has 3 aromatic rings. The molecule has 186 valence electrons. The Labute approximate surface area is 215 Å². The van der Waals surface area contributed by atoms with Gasteiger partial charge in [0.15, 0.2) is 5.78 Å². The number of nitriles is 1. The molecule has 0 atom stereocenters. The molecule has 1 fully saturated rings. The third-order valence-corrected chi connectivity index (χ3v) is 7.69. The zero-order chi connectivity index (χ0) is 25.6. The number of nitrogens with zero attached hydrogens (tertiary/aromatic N) is 2. The fraction of sp³-hybridized carbons (Fsp3) is 0.375.